The number of carbonyl (C=O) groups is 1. The fourth-order valence-corrected chi connectivity index (χ4v) is 3.48. The smallest absolute Gasteiger partial charge is 0.224 e. The monoisotopic (exact) mass is 441 g/mol. The lowest BCUT2D eigenvalue weighted by Gasteiger charge is -2.10. The third kappa shape index (κ3) is 5.44. The molecule has 168 valence electrons. The van der Waals surface area contributed by atoms with Crippen molar-refractivity contribution < 1.29 is 9.53 Å². The summed E-state index contributed by atoms with van der Waals surface area (Å²) in [6.07, 6.45) is 1.13. The van der Waals surface area contributed by atoms with E-state index in [1.165, 1.54) is 0 Å². The number of benzene rings is 2. The second-order valence-electron chi connectivity index (χ2n) is 7.98. The number of rotatable bonds is 7. The number of nitrogens with zero attached hydrogens (tertiary/aromatic N) is 4. The summed E-state index contributed by atoms with van der Waals surface area (Å²) >= 11 is 0. The summed E-state index contributed by atoms with van der Waals surface area (Å²) in [5.74, 6) is 2.28. The first-order valence-corrected chi connectivity index (χ1v) is 10.9. The maximum atomic E-state index is 12.3. The van der Waals surface area contributed by atoms with E-state index in [0.29, 0.717) is 36.1 Å². The number of anilines is 1. The molecule has 2 aromatic heterocycles. The molecule has 1 amide bonds. The van der Waals surface area contributed by atoms with Crippen LogP contribution in [0.15, 0.2) is 60.7 Å². The van der Waals surface area contributed by atoms with Crippen LogP contribution in [-0.2, 0) is 11.2 Å². The summed E-state index contributed by atoms with van der Waals surface area (Å²) in [6.45, 7) is 7.86. The summed E-state index contributed by atoms with van der Waals surface area (Å²) < 4.78 is 7.76. The summed E-state index contributed by atoms with van der Waals surface area (Å²) in [4.78, 5) is 21.2. The van der Waals surface area contributed by atoms with E-state index in [4.69, 9.17) is 4.74 Å². The molecule has 0 aliphatic heterocycles. The Hall–Kier alpha value is -4.00. The van der Waals surface area contributed by atoms with Gasteiger partial charge in [-0.15, -0.1) is 0 Å². The first kappa shape index (κ1) is 22.2. The van der Waals surface area contributed by atoms with Gasteiger partial charge in [-0.2, -0.15) is 10.1 Å². The van der Waals surface area contributed by atoms with Crippen LogP contribution in [0.2, 0.25) is 0 Å². The van der Waals surface area contributed by atoms with Gasteiger partial charge in [0.1, 0.15) is 11.6 Å². The summed E-state index contributed by atoms with van der Waals surface area (Å²) in [5, 5.41) is 7.50. The predicted octanol–water partition coefficient (Wildman–Crippen LogP) is 5.26. The van der Waals surface area contributed by atoms with Crippen LogP contribution in [0.3, 0.4) is 0 Å². The van der Waals surface area contributed by atoms with Crippen LogP contribution in [0, 0.1) is 27.7 Å². The molecule has 33 heavy (non-hydrogen) atoms. The van der Waals surface area contributed by atoms with Gasteiger partial charge in [-0.3, -0.25) is 4.79 Å². The van der Waals surface area contributed by atoms with Crippen molar-refractivity contribution in [2.24, 2.45) is 0 Å². The molecule has 7 nitrogen and oxygen atoms in total. The molecule has 4 aromatic rings. The minimum absolute atomic E-state index is 0.0243. The second-order valence-corrected chi connectivity index (χ2v) is 7.98. The number of ether oxygens (including phenoxy) is 1. The van der Waals surface area contributed by atoms with Crippen molar-refractivity contribution >= 4 is 11.6 Å². The van der Waals surface area contributed by atoms with Gasteiger partial charge in [-0.1, -0.05) is 30.3 Å². The first-order valence-electron chi connectivity index (χ1n) is 10.9. The Bertz CT molecular complexity index is 1260. The molecule has 1 N–H and O–H groups in total. The molecule has 4 rings (SSSR count). The zero-order valence-electron chi connectivity index (χ0n) is 19.3. The third-order valence-corrected chi connectivity index (χ3v) is 5.52. The van der Waals surface area contributed by atoms with Gasteiger partial charge in [-0.05, 0) is 69.5 Å². The molecular weight excluding hydrogens is 414 g/mol. The van der Waals surface area contributed by atoms with E-state index >= 15 is 0 Å². The van der Waals surface area contributed by atoms with Gasteiger partial charge in [0.25, 0.3) is 0 Å². The minimum atomic E-state index is -0.0243. The number of aromatic nitrogens is 4. The lowest BCUT2D eigenvalue weighted by molar-refractivity contribution is -0.116. The van der Waals surface area contributed by atoms with Gasteiger partial charge in [0, 0.05) is 23.9 Å². The zero-order chi connectivity index (χ0) is 23.4. The molecule has 2 aromatic carbocycles. The van der Waals surface area contributed by atoms with E-state index in [0.717, 1.165) is 28.2 Å². The SMILES string of the molecule is Cc1nc(Oc2ccc(NC(=O)CCc3ccccc3)cc2)cc(-n2nc(C)c(C)c2C)n1. The number of carbonyl (C=O) groups excluding carboxylic acids is 1. The topological polar surface area (TPSA) is 81.9 Å². The fraction of sp³-hybridized carbons (Fsp3) is 0.231. The van der Waals surface area contributed by atoms with Crippen LogP contribution >= 0.6 is 0 Å². The zero-order valence-corrected chi connectivity index (χ0v) is 19.3. The van der Waals surface area contributed by atoms with Crippen LogP contribution in [0.5, 0.6) is 11.6 Å². The second kappa shape index (κ2) is 9.65. The Balaban J connectivity index is 1.41. The molecule has 0 aliphatic rings. The minimum Gasteiger partial charge on any atom is -0.439 e. The van der Waals surface area contributed by atoms with Crippen molar-refractivity contribution in [2.75, 3.05) is 5.32 Å². The van der Waals surface area contributed by atoms with Crippen LogP contribution in [0.1, 0.15) is 34.8 Å². The van der Waals surface area contributed by atoms with Crippen LogP contribution in [0.25, 0.3) is 5.82 Å². The molecule has 0 saturated heterocycles. The maximum Gasteiger partial charge on any atom is 0.224 e. The highest BCUT2D eigenvalue weighted by molar-refractivity contribution is 5.90. The van der Waals surface area contributed by atoms with Crippen molar-refractivity contribution in [3.63, 3.8) is 0 Å². The molecule has 0 bridgehead atoms. The molecule has 2 heterocycles. The van der Waals surface area contributed by atoms with E-state index in [-0.39, 0.29) is 5.91 Å². The van der Waals surface area contributed by atoms with Gasteiger partial charge in [0.2, 0.25) is 11.8 Å². The molecule has 0 radical (unpaired) electrons. The molecular formula is C26H27N5O2. The van der Waals surface area contributed by atoms with E-state index < -0.39 is 0 Å². The average molecular weight is 442 g/mol. The van der Waals surface area contributed by atoms with Gasteiger partial charge in [-0.25, -0.2) is 9.67 Å². The Morgan fingerprint density at radius 2 is 1.70 bits per heavy atom. The van der Waals surface area contributed by atoms with Gasteiger partial charge in [0.05, 0.1) is 5.69 Å². The number of hydrogen-bond acceptors (Lipinski definition) is 5. The van der Waals surface area contributed by atoms with Crippen LogP contribution < -0.4 is 10.1 Å². The van der Waals surface area contributed by atoms with E-state index in [1.807, 2.05) is 70.2 Å². The number of amides is 1. The van der Waals surface area contributed by atoms with E-state index in [9.17, 15) is 4.79 Å². The Morgan fingerprint density at radius 3 is 2.36 bits per heavy atom. The molecule has 0 saturated carbocycles. The number of hydrogen-bond donors (Lipinski definition) is 1. The van der Waals surface area contributed by atoms with Crippen molar-refractivity contribution in [3.8, 4) is 17.4 Å². The highest BCUT2D eigenvalue weighted by atomic mass is 16.5. The quantitative estimate of drug-likeness (QED) is 0.423. The standard InChI is InChI=1S/C26H27N5O2/c1-17-18(2)30-31(19(17)3)24-16-26(28-20(4)27-24)33-23-13-11-22(12-14-23)29-25(32)15-10-21-8-6-5-7-9-21/h5-9,11-14,16H,10,15H2,1-4H3,(H,29,32). The summed E-state index contributed by atoms with van der Waals surface area (Å²) in [7, 11) is 0. The normalized spacial score (nSPS) is 10.8. The molecule has 7 heteroatoms. The molecule has 0 fully saturated rings. The Labute approximate surface area is 193 Å². The van der Waals surface area contributed by atoms with Gasteiger partial charge >= 0.3 is 0 Å². The maximum absolute atomic E-state index is 12.3. The highest BCUT2D eigenvalue weighted by Crippen LogP contribution is 2.24. The summed E-state index contributed by atoms with van der Waals surface area (Å²) in [5.41, 5.74) is 5.00. The van der Waals surface area contributed by atoms with Crippen LogP contribution in [-0.4, -0.2) is 25.7 Å². The highest BCUT2D eigenvalue weighted by Gasteiger charge is 2.13. The lowest BCUT2D eigenvalue weighted by atomic mass is 10.1. The molecule has 0 unspecified atom stereocenters. The first-order chi connectivity index (χ1) is 15.9. The fourth-order valence-electron chi connectivity index (χ4n) is 3.48. The van der Waals surface area contributed by atoms with Crippen molar-refractivity contribution in [1.29, 1.82) is 0 Å². The summed E-state index contributed by atoms with van der Waals surface area (Å²) in [6, 6.07) is 19.0. The lowest BCUT2D eigenvalue weighted by Crippen LogP contribution is -2.12. The third-order valence-electron chi connectivity index (χ3n) is 5.52. The van der Waals surface area contributed by atoms with Gasteiger partial charge in [0.15, 0.2) is 5.82 Å². The molecule has 0 atom stereocenters. The Kier molecular flexibility index (Phi) is 6.49. The largest absolute Gasteiger partial charge is 0.439 e. The van der Waals surface area contributed by atoms with E-state index in [1.54, 1.807) is 22.9 Å². The Morgan fingerprint density at radius 1 is 0.970 bits per heavy atom. The molecule has 0 spiro atoms. The van der Waals surface area contributed by atoms with Crippen molar-refractivity contribution in [2.45, 2.75) is 40.5 Å². The average Bonchev–Trinajstić information content (AvgIpc) is 3.07. The van der Waals surface area contributed by atoms with E-state index in [2.05, 4.69) is 20.4 Å². The van der Waals surface area contributed by atoms with Crippen molar-refractivity contribution in [1.82, 2.24) is 19.7 Å². The van der Waals surface area contributed by atoms with Crippen LogP contribution in [0.4, 0.5) is 5.69 Å². The van der Waals surface area contributed by atoms with Gasteiger partial charge < -0.3 is 10.1 Å². The predicted molar refractivity (Wildman–Crippen MR) is 128 cm³/mol. The number of aryl methyl sites for hydroxylation is 3. The number of nitrogens with one attached hydrogen (secondary N) is 1. The van der Waals surface area contributed by atoms with Crippen molar-refractivity contribution in [3.05, 3.63) is 89.0 Å². The molecule has 0 aliphatic carbocycles.